The first kappa shape index (κ1) is 13.1. The number of aryl methyl sites for hydroxylation is 1. The van der Waals surface area contributed by atoms with Gasteiger partial charge in [0.05, 0.1) is 5.69 Å². The zero-order valence-corrected chi connectivity index (χ0v) is 11.2. The van der Waals surface area contributed by atoms with Crippen molar-refractivity contribution in [3.8, 4) is 11.4 Å². The summed E-state index contributed by atoms with van der Waals surface area (Å²) in [7, 11) is 0. The Balaban J connectivity index is 2.09. The molecule has 1 aromatic heterocycles. The van der Waals surface area contributed by atoms with E-state index >= 15 is 0 Å². The molecule has 0 bridgehead atoms. The first-order valence-electron chi connectivity index (χ1n) is 6.74. The van der Waals surface area contributed by atoms with Crippen molar-refractivity contribution in [2.45, 2.75) is 32.9 Å². The Morgan fingerprint density at radius 3 is 2.75 bits per heavy atom. The largest absolute Gasteiger partial charge is 0.307 e. The summed E-state index contributed by atoms with van der Waals surface area (Å²) in [4.78, 5) is 9.01. The van der Waals surface area contributed by atoms with Crippen molar-refractivity contribution in [1.82, 2.24) is 15.3 Å². The van der Waals surface area contributed by atoms with Gasteiger partial charge in [-0.15, -0.1) is 0 Å². The third-order valence-corrected chi connectivity index (χ3v) is 3.44. The zero-order chi connectivity index (χ0) is 14.1. The van der Waals surface area contributed by atoms with Crippen LogP contribution in [-0.4, -0.2) is 9.97 Å². The highest BCUT2D eigenvalue weighted by Crippen LogP contribution is 2.24. The molecule has 5 heteroatoms. The lowest BCUT2D eigenvalue weighted by molar-refractivity contribution is 0.509. The number of fused-ring (bicyclic) bond motifs is 1. The lowest BCUT2D eigenvalue weighted by atomic mass is 10.1. The molecular weight excluding hydrogens is 260 g/mol. The summed E-state index contributed by atoms with van der Waals surface area (Å²) in [5.41, 5.74) is 3.62. The summed E-state index contributed by atoms with van der Waals surface area (Å²) >= 11 is 0. The van der Waals surface area contributed by atoms with Crippen LogP contribution in [-0.2, 0) is 19.5 Å². The Morgan fingerprint density at radius 2 is 2.00 bits per heavy atom. The second-order valence-corrected chi connectivity index (χ2v) is 4.90. The lowest BCUT2D eigenvalue weighted by Gasteiger charge is -2.09. The molecule has 1 aliphatic heterocycles. The van der Waals surface area contributed by atoms with E-state index in [2.05, 4.69) is 22.2 Å². The molecule has 0 aliphatic carbocycles. The number of nitrogens with zero attached hydrogens (tertiary/aromatic N) is 2. The van der Waals surface area contributed by atoms with Gasteiger partial charge >= 0.3 is 0 Å². The molecule has 1 aromatic carbocycles. The van der Waals surface area contributed by atoms with E-state index in [1.165, 1.54) is 6.07 Å². The Labute approximate surface area is 116 Å². The summed E-state index contributed by atoms with van der Waals surface area (Å²) in [6, 6.07) is 3.77. The molecule has 2 heterocycles. The van der Waals surface area contributed by atoms with Gasteiger partial charge in [0.2, 0.25) is 0 Å². The van der Waals surface area contributed by atoms with Crippen molar-refractivity contribution < 1.29 is 8.78 Å². The molecule has 1 N–H and O–H groups in total. The van der Waals surface area contributed by atoms with Crippen molar-refractivity contribution >= 4 is 0 Å². The van der Waals surface area contributed by atoms with Gasteiger partial charge in [-0.05, 0) is 24.6 Å². The van der Waals surface area contributed by atoms with Gasteiger partial charge in [0.1, 0.15) is 0 Å². The van der Waals surface area contributed by atoms with E-state index in [0.717, 1.165) is 48.5 Å². The molecular formula is C15H15F2N3. The van der Waals surface area contributed by atoms with E-state index in [-0.39, 0.29) is 0 Å². The molecule has 0 radical (unpaired) electrons. The average molecular weight is 275 g/mol. The normalized spacial score (nSPS) is 13.6. The third-order valence-electron chi connectivity index (χ3n) is 3.44. The van der Waals surface area contributed by atoms with Crippen molar-refractivity contribution in [2.75, 3.05) is 0 Å². The van der Waals surface area contributed by atoms with Gasteiger partial charge in [0.15, 0.2) is 17.5 Å². The van der Waals surface area contributed by atoms with E-state index in [4.69, 9.17) is 0 Å². The molecule has 0 spiro atoms. The maximum atomic E-state index is 13.3. The van der Waals surface area contributed by atoms with Crippen molar-refractivity contribution in [2.24, 2.45) is 0 Å². The second-order valence-electron chi connectivity index (χ2n) is 4.90. The number of halogens is 2. The predicted octanol–water partition coefficient (Wildman–Crippen LogP) is 2.98. The van der Waals surface area contributed by atoms with Crippen LogP contribution in [0.3, 0.4) is 0 Å². The minimum absolute atomic E-state index is 0.467. The summed E-state index contributed by atoms with van der Waals surface area (Å²) in [5, 5.41) is 3.25. The number of aromatic nitrogens is 2. The van der Waals surface area contributed by atoms with E-state index in [1.54, 1.807) is 0 Å². The maximum absolute atomic E-state index is 13.3. The molecule has 0 fully saturated rings. The minimum Gasteiger partial charge on any atom is -0.307 e. The van der Waals surface area contributed by atoms with Crippen LogP contribution in [0.15, 0.2) is 18.2 Å². The summed E-state index contributed by atoms with van der Waals surface area (Å²) in [5.74, 6) is -1.26. The quantitative estimate of drug-likeness (QED) is 0.935. The predicted molar refractivity (Wildman–Crippen MR) is 71.9 cm³/mol. The third kappa shape index (κ3) is 2.29. The van der Waals surface area contributed by atoms with E-state index in [9.17, 15) is 8.78 Å². The molecule has 3 rings (SSSR count). The molecule has 1 aliphatic rings. The lowest BCUT2D eigenvalue weighted by Crippen LogP contribution is -2.04. The van der Waals surface area contributed by atoms with Gasteiger partial charge in [-0.2, -0.15) is 0 Å². The van der Waals surface area contributed by atoms with Crippen LogP contribution in [0.4, 0.5) is 8.78 Å². The number of hydrogen-bond acceptors (Lipinski definition) is 3. The molecule has 2 aromatic rings. The highest BCUT2D eigenvalue weighted by Gasteiger charge is 2.19. The molecule has 0 saturated heterocycles. The van der Waals surface area contributed by atoms with Gasteiger partial charge in [-0.3, -0.25) is 0 Å². The van der Waals surface area contributed by atoms with Crippen molar-refractivity contribution in [1.29, 1.82) is 0 Å². The van der Waals surface area contributed by atoms with E-state index in [0.29, 0.717) is 17.9 Å². The fraction of sp³-hybridized carbons (Fsp3) is 0.333. The van der Waals surface area contributed by atoms with Crippen LogP contribution >= 0.6 is 0 Å². The minimum atomic E-state index is -0.873. The van der Waals surface area contributed by atoms with Crippen LogP contribution in [0.25, 0.3) is 11.4 Å². The van der Waals surface area contributed by atoms with Crippen LogP contribution in [0.2, 0.25) is 0 Å². The monoisotopic (exact) mass is 275 g/mol. The topological polar surface area (TPSA) is 37.8 Å². The molecule has 0 atom stereocenters. The van der Waals surface area contributed by atoms with Crippen LogP contribution in [0.5, 0.6) is 0 Å². The Hall–Kier alpha value is -1.88. The van der Waals surface area contributed by atoms with Crippen LogP contribution < -0.4 is 5.32 Å². The molecule has 0 saturated carbocycles. The van der Waals surface area contributed by atoms with Crippen LogP contribution in [0, 0.1) is 11.6 Å². The number of rotatable bonds is 3. The van der Waals surface area contributed by atoms with Gasteiger partial charge in [-0.1, -0.05) is 13.3 Å². The Morgan fingerprint density at radius 1 is 1.15 bits per heavy atom. The molecule has 0 unspecified atom stereocenters. The van der Waals surface area contributed by atoms with Gasteiger partial charge in [-0.25, -0.2) is 18.7 Å². The summed E-state index contributed by atoms with van der Waals surface area (Å²) in [6.45, 7) is 3.57. The van der Waals surface area contributed by atoms with Gasteiger partial charge in [0, 0.05) is 29.9 Å². The fourth-order valence-electron chi connectivity index (χ4n) is 2.45. The summed E-state index contributed by atoms with van der Waals surface area (Å²) in [6.07, 6.45) is 1.85. The van der Waals surface area contributed by atoms with Crippen molar-refractivity contribution in [3.05, 3.63) is 46.8 Å². The second kappa shape index (κ2) is 5.25. The number of hydrogen-bond donors (Lipinski definition) is 1. The Bertz CT molecular complexity index is 656. The zero-order valence-electron chi connectivity index (χ0n) is 11.2. The first-order chi connectivity index (χ1) is 9.69. The van der Waals surface area contributed by atoms with E-state index < -0.39 is 11.6 Å². The highest BCUT2D eigenvalue weighted by molar-refractivity contribution is 5.56. The Kier molecular flexibility index (Phi) is 3.44. The summed E-state index contributed by atoms with van der Waals surface area (Å²) < 4.78 is 26.4. The van der Waals surface area contributed by atoms with Gasteiger partial charge in [0.25, 0.3) is 0 Å². The number of benzene rings is 1. The highest BCUT2D eigenvalue weighted by atomic mass is 19.2. The van der Waals surface area contributed by atoms with E-state index in [1.807, 2.05) is 0 Å². The average Bonchev–Trinajstić information content (AvgIpc) is 2.90. The molecule has 3 nitrogen and oxygen atoms in total. The number of nitrogens with one attached hydrogen (secondary N) is 1. The van der Waals surface area contributed by atoms with Gasteiger partial charge < -0.3 is 5.32 Å². The van der Waals surface area contributed by atoms with Crippen LogP contribution in [0.1, 0.15) is 30.3 Å². The molecule has 0 amide bonds. The van der Waals surface area contributed by atoms with Crippen molar-refractivity contribution in [3.63, 3.8) is 0 Å². The molecule has 104 valence electrons. The standard InChI is InChI=1S/C15H15F2N3/c1-2-3-13-10-7-18-8-14(10)20-15(19-13)9-4-5-11(16)12(17)6-9/h4-6,18H,2-3,7-8H2,1H3. The maximum Gasteiger partial charge on any atom is 0.159 e. The molecule has 20 heavy (non-hydrogen) atoms. The SMILES string of the molecule is CCCc1nc(-c2ccc(F)c(F)c2)nc2c1CNC2. The first-order valence-corrected chi connectivity index (χ1v) is 6.74. The smallest absolute Gasteiger partial charge is 0.159 e. The fourth-order valence-corrected chi connectivity index (χ4v) is 2.45.